The van der Waals surface area contributed by atoms with Crippen LogP contribution in [-0.2, 0) is 0 Å². The molecule has 0 saturated heterocycles. The molecule has 1 rings (SSSR count). The molecule has 0 aliphatic carbocycles. The van der Waals surface area contributed by atoms with Gasteiger partial charge in [-0.3, -0.25) is 0 Å². The molecule has 5 heteroatoms. The van der Waals surface area contributed by atoms with E-state index in [1.807, 2.05) is 0 Å². The van der Waals surface area contributed by atoms with E-state index in [9.17, 15) is 8.78 Å². The molecule has 0 aliphatic rings. The van der Waals surface area contributed by atoms with E-state index in [-0.39, 0.29) is 5.75 Å². The van der Waals surface area contributed by atoms with E-state index in [0.717, 1.165) is -0.342 Å². The van der Waals surface area contributed by atoms with Crippen LogP contribution in [0.15, 0.2) is 18.5 Å². The van der Waals surface area contributed by atoms with Crippen LogP contribution < -0.4 is 4.39 Å². The fourth-order valence-electron chi connectivity index (χ4n) is 0.695. The summed E-state index contributed by atoms with van der Waals surface area (Å²) in [6.45, 7) is -2.76. The molecular formula is C6H4F2KNO. The zero-order valence-electron chi connectivity index (χ0n) is 5.92. The van der Waals surface area contributed by atoms with E-state index in [1.165, 1.54) is 6.20 Å². The van der Waals surface area contributed by atoms with E-state index in [2.05, 4.69) is 9.72 Å². The minimum atomic E-state index is -2.76. The summed E-state index contributed by atoms with van der Waals surface area (Å²) in [5.41, 5.74) is 0. The molecule has 1 aromatic heterocycles. The topological polar surface area (TPSA) is 22.1 Å². The molecule has 0 aliphatic heterocycles. The van der Waals surface area contributed by atoms with Crippen LogP contribution >= 0.6 is 0 Å². The van der Waals surface area contributed by atoms with Gasteiger partial charge in [-0.25, -0.2) is 0 Å². The van der Waals surface area contributed by atoms with Crippen molar-refractivity contribution >= 4 is 48.6 Å². The number of pyridine rings is 1. The van der Waals surface area contributed by atoms with Gasteiger partial charge in [-0.15, -0.1) is 0 Å². The summed E-state index contributed by atoms with van der Waals surface area (Å²) in [5, 5.41) is 0. The number of nitrogens with zero attached hydrogens (tertiary/aromatic N) is 1. The van der Waals surface area contributed by atoms with E-state index in [4.69, 9.17) is 0 Å². The van der Waals surface area contributed by atoms with Gasteiger partial charge in [0.2, 0.25) is 0 Å². The van der Waals surface area contributed by atoms with Gasteiger partial charge in [0.1, 0.15) is 0 Å². The number of hydrogen-bond donors (Lipinski definition) is 0. The Hall–Kier alpha value is 0.446. The van der Waals surface area contributed by atoms with Crippen LogP contribution in [0.1, 0.15) is 0 Å². The molecule has 0 saturated carbocycles. The molecule has 0 fully saturated rings. The molecule has 0 radical (unpaired) electrons. The van der Waals surface area contributed by atoms with E-state index in [1.54, 1.807) is 12.3 Å². The van der Waals surface area contributed by atoms with Crippen LogP contribution in [0.5, 0.6) is 5.75 Å². The van der Waals surface area contributed by atoms with Crippen molar-refractivity contribution in [3.63, 3.8) is 0 Å². The molecule has 0 spiro atoms. The third kappa shape index (κ3) is 3.57. The monoisotopic (exact) mass is 183 g/mol. The van der Waals surface area contributed by atoms with Gasteiger partial charge in [0.15, 0.2) is 0 Å². The number of rotatable bonds is 2. The van der Waals surface area contributed by atoms with Crippen LogP contribution in [0.4, 0.5) is 8.78 Å². The number of aromatic nitrogens is 1. The van der Waals surface area contributed by atoms with Crippen LogP contribution in [0, 0.1) is 0 Å². The zero-order chi connectivity index (χ0) is 8.27. The molecule has 0 unspecified atom stereocenters. The maximum atomic E-state index is 11.6. The van der Waals surface area contributed by atoms with E-state index in [0.29, 0.717) is 49.0 Å². The predicted molar refractivity (Wildman–Crippen MR) is 36.3 cm³/mol. The van der Waals surface area contributed by atoms with Crippen molar-refractivity contribution in [2.45, 2.75) is 6.61 Å². The Morgan fingerprint density at radius 1 is 1.45 bits per heavy atom. The van der Waals surface area contributed by atoms with Crippen LogP contribution in [0.2, 0.25) is 0 Å². The number of hydrogen-bond acceptors (Lipinski definition) is 2. The SMILES string of the molecule is FC(F)Oc1cnc[c]([K])c1. The first-order chi connectivity index (χ1) is 5.18. The standard InChI is InChI=1S/C6H4F2NO.K/c7-6(8)10-5-2-1-3-9-4-5;/h2-4,6H;. The summed E-state index contributed by atoms with van der Waals surface area (Å²) < 4.78 is 28.3. The van der Waals surface area contributed by atoms with Gasteiger partial charge in [0.05, 0.1) is 0 Å². The Balaban J connectivity index is 2.71. The molecule has 0 N–H and O–H groups in total. The number of alkyl halides is 2. The maximum absolute atomic E-state index is 11.6. The Bertz CT molecular complexity index is 244. The minimum absolute atomic E-state index is 0.144. The quantitative estimate of drug-likeness (QED) is 0.622. The van der Waals surface area contributed by atoms with Gasteiger partial charge < -0.3 is 0 Å². The number of ether oxygens (including phenoxy) is 1. The average molecular weight is 183 g/mol. The van der Waals surface area contributed by atoms with Gasteiger partial charge >= 0.3 is 97.9 Å². The summed E-state index contributed by atoms with van der Waals surface area (Å²) in [5.74, 6) is 0.144. The first kappa shape index (κ1) is 9.53. The number of halogens is 2. The van der Waals surface area contributed by atoms with Crippen molar-refractivity contribution in [2.75, 3.05) is 0 Å². The zero-order valence-corrected chi connectivity index (χ0v) is 9.04. The molecule has 0 aromatic carbocycles. The second-order valence-electron chi connectivity index (χ2n) is 2.08. The van der Waals surface area contributed by atoms with Crippen LogP contribution in [0.3, 0.4) is 0 Å². The normalized spacial score (nSPS) is 10.3. The second kappa shape index (κ2) is 4.47. The van der Waals surface area contributed by atoms with Gasteiger partial charge in [-0.1, -0.05) is 0 Å². The summed E-state index contributed by atoms with van der Waals surface area (Å²) in [6.07, 6.45) is 2.93. The van der Waals surface area contributed by atoms with Gasteiger partial charge in [-0.05, 0) is 0 Å². The Kier molecular flexibility index (Phi) is 3.87. The molecule has 1 heterocycles. The van der Waals surface area contributed by atoms with E-state index >= 15 is 0 Å². The van der Waals surface area contributed by atoms with Gasteiger partial charge in [0.25, 0.3) is 0 Å². The molecular weight excluding hydrogens is 179 g/mol. The fourth-order valence-corrected chi connectivity index (χ4v) is 1.37. The summed E-state index contributed by atoms with van der Waals surface area (Å²) in [4.78, 5) is 3.73. The third-order valence-electron chi connectivity index (χ3n) is 1.08. The molecule has 54 valence electrons. The predicted octanol–water partition coefficient (Wildman–Crippen LogP) is 0.477. The third-order valence-corrected chi connectivity index (χ3v) is 1.93. The van der Waals surface area contributed by atoms with Crippen molar-refractivity contribution in [1.82, 2.24) is 4.98 Å². The Morgan fingerprint density at radius 3 is 2.73 bits per heavy atom. The van der Waals surface area contributed by atoms with Gasteiger partial charge in [-0.2, -0.15) is 0 Å². The van der Waals surface area contributed by atoms with Crippen molar-refractivity contribution in [1.29, 1.82) is 0 Å². The molecule has 11 heavy (non-hydrogen) atoms. The first-order valence-electron chi connectivity index (χ1n) is 3.05. The summed E-state index contributed by atoms with van der Waals surface area (Å²) >= 11 is 0.446. The molecule has 0 atom stereocenters. The average Bonchev–Trinajstić information content (AvgIpc) is 1.85. The van der Waals surface area contributed by atoms with Gasteiger partial charge in [0, 0.05) is 0 Å². The molecule has 0 amide bonds. The van der Waals surface area contributed by atoms with Crippen molar-refractivity contribution in [3.8, 4) is 5.75 Å². The van der Waals surface area contributed by atoms with Crippen molar-refractivity contribution in [3.05, 3.63) is 18.5 Å². The summed E-state index contributed by atoms with van der Waals surface area (Å²) in [7, 11) is 0. The van der Waals surface area contributed by atoms with E-state index < -0.39 is 6.61 Å². The van der Waals surface area contributed by atoms with Crippen LogP contribution in [-0.4, -0.2) is 60.5 Å². The van der Waals surface area contributed by atoms with Crippen molar-refractivity contribution in [2.24, 2.45) is 0 Å². The second-order valence-corrected chi connectivity index (χ2v) is 3.88. The molecule has 2 nitrogen and oxygen atoms in total. The molecule has 0 bridgehead atoms. The summed E-state index contributed by atoms with van der Waals surface area (Å²) in [6, 6.07) is 1.58. The fraction of sp³-hybridized carbons (Fsp3) is 0.167. The Labute approximate surface area is 96.5 Å². The first-order valence-corrected chi connectivity index (χ1v) is 4.61. The molecule has 1 aromatic rings. The van der Waals surface area contributed by atoms with Crippen LogP contribution in [0.25, 0.3) is 0 Å². The Morgan fingerprint density at radius 2 is 2.18 bits per heavy atom. The van der Waals surface area contributed by atoms with Crippen molar-refractivity contribution < 1.29 is 13.5 Å².